The molecule has 1 aromatic heterocycles. The van der Waals surface area contributed by atoms with Gasteiger partial charge in [-0.3, -0.25) is 0 Å². The molecule has 17 heavy (non-hydrogen) atoms. The normalized spacial score (nSPS) is 10.5. The largest absolute Gasteiger partial charge is 0.508 e. The molecule has 3 nitrogen and oxygen atoms in total. The second-order valence-corrected chi connectivity index (χ2v) is 4.11. The maximum absolute atomic E-state index is 9.47. The number of benzene rings is 1. The molecular formula is C14H16N2O. The number of aromatic hydroxyl groups is 1. The van der Waals surface area contributed by atoms with Crippen molar-refractivity contribution in [3.05, 3.63) is 41.9 Å². The van der Waals surface area contributed by atoms with Crippen LogP contribution in [0.3, 0.4) is 0 Å². The van der Waals surface area contributed by atoms with Crippen molar-refractivity contribution in [2.24, 2.45) is 0 Å². The lowest BCUT2D eigenvalue weighted by molar-refractivity contribution is 0.475. The standard InChI is InChI=1S/C14H16N2O/c1-3-5-14-15-10(2)8-13(16-14)11-6-4-7-12(17)9-11/h4,6-9,17H,3,5H2,1-2H3. The molecule has 0 aliphatic heterocycles. The SMILES string of the molecule is CCCc1nc(C)cc(-c2cccc(O)c2)n1. The van der Waals surface area contributed by atoms with Gasteiger partial charge in [-0.25, -0.2) is 9.97 Å². The average molecular weight is 228 g/mol. The van der Waals surface area contributed by atoms with Crippen LogP contribution in [0.5, 0.6) is 5.75 Å². The molecule has 0 fully saturated rings. The summed E-state index contributed by atoms with van der Waals surface area (Å²) in [7, 11) is 0. The highest BCUT2D eigenvalue weighted by Crippen LogP contribution is 2.22. The van der Waals surface area contributed by atoms with E-state index in [1.54, 1.807) is 12.1 Å². The molecule has 0 unspecified atom stereocenters. The van der Waals surface area contributed by atoms with Crippen LogP contribution < -0.4 is 0 Å². The molecule has 0 bridgehead atoms. The highest BCUT2D eigenvalue weighted by atomic mass is 16.3. The van der Waals surface area contributed by atoms with Crippen LogP contribution in [0.25, 0.3) is 11.3 Å². The third-order valence-corrected chi connectivity index (χ3v) is 2.52. The van der Waals surface area contributed by atoms with E-state index in [1.165, 1.54) is 0 Å². The van der Waals surface area contributed by atoms with Crippen molar-refractivity contribution in [2.75, 3.05) is 0 Å². The van der Waals surface area contributed by atoms with Crippen molar-refractivity contribution in [1.82, 2.24) is 9.97 Å². The summed E-state index contributed by atoms with van der Waals surface area (Å²) in [4.78, 5) is 8.91. The minimum Gasteiger partial charge on any atom is -0.508 e. The number of hydrogen-bond acceptors (Lipinski definition) is 3. The van der Waals surface area contributed by atoms with E-state index in [2.05, 4.69) is 16.9 Å². The molecule has 1 heterocycles. The van der Waals surface area contributed by atoms with Gasteiger partial charge in [0.05, 0.1) is 5.69 Å². The van der Waals surface area contributed by atoms with E-state index in [9.17, 15) is 5.11 Å². The van der Waals surface area contributed by atoms with Crippen molar-refractivity contribution in [2.45, 2.75) is 26.7 Å². The number of aryl methyl sites for hydroxylation is 2. The van der Waals surface area contributed by atoms with Crippen molar-refractivity contribution in [3.63, 3.8) is 0 Å². The predicted molar refractivity (Wildman–Crippen MR) is 67.9 cm³/mol. The van der Waals surface area contributed by atoms with E-state index >= 15 is 0 Å². The summed E-state index contributed by atoms with van der Waals surface area (Å²) in [6.07, 6.45) is 1.91. The van der Waals surface area contributed by atoms with Crippen molar-refractivity contribution < 1.29 is 5.11 Å². The first-order chi connectivity index (χ1) is 8.19. The van der Waals surface area contributed by atoms with Gasteiger partial charge in [0.25, 0.3) is 0 Å². The van der Waals surface area contributed by atoms with Crippen molar-refractivity contribution in [1.29, 1.82) is 0 Å². The molecule has 0 saturated heterocycles. The molecule has 0 atom stereocenters. The Morgan fingerprint density at radius 3 is 2.71 bits per heavy atom. The van der Waals surface area contributed by atoms with Gasteiger partial charge in [0.1, 0.15) is 11.6 Å². The van der Waals surface area contributed by atoms with Gasteiger partial charge in [0.2, 0.25) is 0 Å². The zero-order valence-corrected chi connectivity index (χ0v) is 10.1. The summed E-state index contributed by atoms with van der Waals surface area (Å²) in [5.41, 5.74) is 2.76. The smallest absolute Gasteiger partial charge is 0.129 e. The van der Waals surface area contributed by atoms with Crippen molar-refractivity contribution >= 4 is 0 Å². The molecule has 0 amide bonds. The van der Waals surface area contributed by atoms with E-state index in [0.717, 1.165) is 35.6 Å². The molecule has 0 aliphatic carbocycles. The first-order valence-corrected chi connectivity index (χ1v) is 5.83. The number of rotatable bonds is 3. The first kappa shape index (κ1) is 11.6. The van der Waals surface area contributed by atoms with Gasteiger partial charge < -0.3 is 5.11 Å². The van der Waals surface area contributed by atoms with Crippen molar-refractivity contribution in [3.8, 4) is 17.0 Å². The minimum atomic E-state index is 0.260. The van der Waals surface area contributed by atoms with Crippen LogP contribution >= 0.6 is 0 Å². The molecule has 0 spiro atoms. The van der Waals surface area contributed by atoms with E-state index < -0.39 is 0 Å². The summed E-state index contributed by atoms with van der Waals surface area (Å²) in [5, 5.41) is 9.47. The maximum atomic E-state index is 9.47. The Labute approximate surface area is 101 Å². The van der Waals surface area contributed by atoms with Gasteiger partial charge >= 0.3 is 0 Å². The van der Waals surface area contributed by atoms with E-state index in [-0.39, 0.29) is 5.75 Å². The molecule has 0 radical (unpaired) electrons. The van der Waals surface area contributed by atoms with Crippen LogP contribution in [0.1, 0.15) is 24.9 Å². The predicted octanol–water partition coefficient (Wildman–Crippen LogP) is 3.11. The Morgan fingerprint density at radius 1 is 1.18 bits per heavy atom. The monoisotopic (exact) mass is 228 g/mol. The Kier molecular flexibility index (Phi) is 3.38. The lowest BCUT2D eigenvalue weighted by Gasteiger charge is -2.05. The summed E-state index contributed by atoms with van der Waals surface area (Å²) >= 11 is 0. The maximum Gasteiger partial charge on any atom is 0.129 e. The van der Waals surface area contributed by atoms with Gasteiger partial charge in [-0.2, -0.15) is 0 Å². The fraction of sp³-hybridized carbons (Fsp3) is 0.286. The van der Waals surface area contributed by atoms with Crippen LogP contribution in [-0.4, -0.2) is 15.1 Å². The fourth-order valence-electron chi connectivity index (χ4n) is 1.78. The summed E-state index contributed by atoms with van der Waals surface area (Å²) in [6.45, 7) is 4.08. The molecular weight excluding hydrogens is 212 g/mol. The second-order valence-electron chi connectivity index (χ2n) is 4.11. The summed E-state index contributed by atoms with van der Waals surface area (Å²) in [5.74, 6) is 1.13. The van der Waals surface area contributed by atoms with E-state index in [1.807, 2.05) is 25.1 Å². The van der Waals surface area contributed by atoms with Crippen LogP contribution in [0.4, 0.5) is 0 Å². The molecule has 2 rings (SSSR count). The fourth-order valence-corrected chi connectivity index (χ4v) is 1.78. The third-order valence-electron chi connectivity index (χ3n) is 2.52. The van der Waals surface area contributed by atoms with Crippen LogP contribution in [0.2, 0.25) is 0 Å². The first-order valence-electron chi connectivity index (χ1n) is 5.83. The Hall–Kier alpha value is -1.90. The third kappa shape index (κ3) is 2.81. The Balaban J connectivity index is 2.44. The topological polar surface area (TPSA) is 46.0 Å². The number of nitrogens with zero attached hydrogens (tertiary/aromatic N) is 2. The molecule has 0 saturated carbocycles. The average Bonchev–Trinajstić information content (AvgIpc) is 2.28. The second kappa shape index (κ2) is 4.95. The van der Waals surface area contributed by atoms with Gasteiger partial charge in [0, 0.05) is 17.7 Å². The Bertz CT molecular complexity index is 523. The van der Waals surface area contributed by atoms with E-state index in [0.29, 0.717) is 0 Å². The van der Waals surface area contributed by atoms with E-state index in [4.69, 9.17) is 0 Å². The minimum absolute atomic E-state index is 0.260. The molecule has 1 aromatic carbocycles. The van der Waals surface area contributed by atoms with Gasteiger partial charge in [-0.1, -0.05) is 19.1 Å². The lowest BCUT2D eigenvalue weighted by Crippen LogP contribution is -1.98. The zero-order valence-electron chi connectivity index (χ0n) is 10.1. The van der Waals surface area contributed by atoms with Crippen LogP contribution in [-0.2, 0) is 6.42 Å². The number of phenols is 1. The van der Waals surface area contributed by atoms with Gasteiger partial charge in [-0.05, 0) is 31.5 Å². The number of aromatic nitrogens is 2. The Morgan fingerprint density at radius 2 is 2.00 bits per heavy atom. The molecule has 2 aromatic rings. The van der Waals surface area contributed by atoms with Crippen LogP contribution in [0, 0.1) is 6.92 Å². The molecule has 88 valence electrons. The zero-order chi connectivity index (χ0) is 12.3. The lowest BCUT2D eigenvalue weighted by atomic mass is 10.1. The van der Waals surface area contributed by atoms with Gasteiger partial charge in [-0.15, -0.1) is 0 Å². The quantitative estimate of drug-likeness (QED) is 0.878. The highest BCUT2D eigenvalue weighted by molar-refractivity contribution is 5.61. The summed E-state index contributed by atoms with van der Waals surface area (Å²) < 4.78 is 0. The van der Waals surface area contributed by atoms with Gasteiger partial charge in [0.15, 0.2) is 0 Å². The highest BCUT2D eigenvalue weighted by Gasteiger charge is 2.04. The number of hydrogen-bond donors (Lipinski definition) is 1. The molecule has 3 heteroatoms. The molecule has 0 aliphatic rings. The van der Waals surface area contributed by atoms with Crippen LogP contribution in [0.15, 0.2) is 30.3 Å². The molecule has 1 N–H and O–H groups in total. The summed E-state index contributed by atoms with van der Waals surface area (Å²) in [6, 6.07) is 9.08. The number of phenolic OH excluding ortho intramolecular Hbond substituents is 1.